The zero-order valence-corrected chi connectivity index (χ0v) is 12.8. The molecule has 1 aromatic rings. The SMILES string of the molecule is O=C(NCC(O)Cc1ccccc1)C(=O)NC1CCCCC1. The largest absolute Gasteiger partial charge is 0.391 e. The van der Waals surface area contributed by atoms with E-state index in [9.17, 15) is 14.7 Å². The average molecular weight is 304 g/mol. The first-order valence-corrected chi connectivity index (χ1v) is 7.96. The molecule has 5 heteroatoms. The van der Waals surface area contributed by atoms with Crippen LogP contribution >= 0.6 is 0 Å². The van der Waals surface area contributed by atoms with Gasteiger partial charge in [-0.05, 0) is 18.4 Å². The van der Waals surface area contributed by atoms with Gasteiger partial charge in [-0.25, -0.2) is 0 Å². The van der Waals surface area contributed by atoms with Crippen molar-refractivity contribution in [2.75, 3.05) is 6.54 Å². The summed E-state index contributed by atoms with van der Waals surface area (Å²) in [4.78, 5) is 23.5. The van der Waals surface area contributed by atoms with Crippen LogP contribution in [0.3, 0.4) is 0 Å². The lowest BCUT2D eigenvalue weighted by atomic mass is 9.95. The minimum atomic E-state index is -0.700. The van der Waals surface area contributed by atoms with Crippen LogP contribution in [0.25, 0.3) is 0 Å². The van der Waals surface area contributed by atoms with Crippen molar-refractivity contribution in [2.24, 2.45) is 0 Å². The minimum Gasteiger partial charge on any atom is -0.391 e. The number of aliphatic hydroxyl groups excluding tert-OH is 1. The normalized spacial score (nSPS) is 16.8. The molecule has 0 aromatic heterocycles. The fourth-order valence-electron chi connectivity index (χ4n) is 2.75. The monoisotopic (exact) mass is 304 g/mol. The Hall–Kier alpha value is -1.88. The molecule has 1 aromatic carbocycles. The van der Waals surface area contributed by atoms with Gasteiger partial charge in [0.15, 0.2) is 0 Å². The van der Waals surface area contributed by atoms with Crippen LogP contribution in [-0.4, -0.2) is 35.6 Å². The lowest BCUT2D eigenvalue weighted by molar-refractivity contribution is -0.140. The molecule has 1 aliphatic carbocycles. The highest BCUT2D eigenvalue weighted by atomic mass is 16.3. The molecule has 1 atom stereocenters. The Labute approximate surface area is 131 Å². The van der Waals surface area contributed by atoms with E-state index in [0.717, 1.165) is 31.2 Å². The zero-order valence-electron chi connectivity index (χ0n) is 12.8. The Morgan fingerprint density at radius 1 is 1.09 bits per heavy atom. The van der Waals surface area contributed by atoms with E-state index in [2.05, 4.69) is 10.6 Å². The number of benzene rings is 1. The van der Waals surface area contributed by atoms with Crippen LogP contribution < -0.4 is 10.6 Å². The molecular weight excluding hydrogens is 280 g/mol. The van der Waals surface area contributed by atoms with Gasteiger partial charge >= 0.3 is 11.8 Å². The summed E-state index contributed by atoms with van der Waals surface area (Å²) in [7, 11) is 0. The maximum absolute atomic E-state index is 11.8. The molecule has 1 unspecified atom stereocenters. The molecule has 3 N–H and O–H groups in total. The Morgan fingerprint density at radius 2 is 1.77 bits per heavy atom. The molecule has 0 saturated heterocycles. The van der Waals surface area contributed by atoms with E-state index in [1.54, 1.807) is 0 Å². The van der Waals surface area contributed by atoms with E-state index < -0.39 is 17.9 Å². The summed E-state index contributed by atoms with van der Waals surface area (Å²) < 4.78 is 0. The predicted molar refractivity (Wildman–Crippen MR) is 84.2 cm³/mol. The first-order chi connectivity index (χ1) is 10.6. The number of nitrogens with one attached hydrogen (secondary N) is 2. The molecule has 0 spiro atoms. The Kier molecular flexibility index (Phi) is 6.40. The minimum absolute atomic E-state index is 0.0752. The number of carbonyl (C=O) groups is 2. The molecule has 0 aliphatic heterocycles. The molecule has 5 nitrogen and oxygen atoms in total. The van der Waals surface area contributed by atoms with Gasteiger partial charge in [0.25, 0.3) is 0 Å². The maximum Gasteiger partial charge on any atom is 0.309 e. The van der Waals surface area contributed by atoms with E-state index in [4.69, 9.17) is 0 Å². The van der Waals surface area contributed by atoms with E-state index in [1.165, 1.54) is 6.42 Å². The second-order valence-corrected chi connectivity index (χ2v) is 5.86. The fourth-order valence-corrected chi connectivity index (χ4v) is 2.75. The van der Waals surface area contributed by atoms with Crippen LogP contribution in [-0.2, 0) is 16.0 Å². The molecule has 0 radical (unpaired) electrons. The third-order valence-corrected chi connectivity index (χ3v) is 3.96. The standard InChI is InChI=1S/C17H24N2O3/c20-15(11-13-7-3-1-4-8-13)12-18-16(21)17(22)19-14-9-5-2-6-10-14/h1,3-4,7-8,14-15,20H,2,5-6,9-12H2,(H,18,21)(H,19,22). The highest BCUT2D eigenvalue weighted by Gasteiger charge is 2.20. The van der Waals surface area contributed by atoms with Crippen molar-refractivity contribution in [3.05, 3.63) is 35.9 Å². The van der Waals surface area contributed by atoms with Crippen molar-refractivity contribution in [1.29, 1.82) is 0 Å². The first kappa shape index (κ1) is 16.5. The number of rotatable bonds is 5. The van der Waals surface area contributed by atoms with Gasteiger partial charge in [-0.1, -0.05) is 49.6 Å². The Bertz CT molecular complexity index is 484. The van der Waals surface area contributed by atoms with E-state index >= 15 is 0 Å². The quantitative estimate of drug-likeness (QED) is 0.714. The van der Waals surface area contributed by atoms with Gasteiger partial charge in [-0.15, -0.1) is 0 Å². The third-order valence-electron chi connectivity index (χ3n) is 3.96. The fraction of sp³-hybridized carbons (Fsp3) is 0.529. The summed E-state index contributed by atoms with van der Waals surface area (Å²) in [6.45, 7) is 0.0752. The van der Waals surface area contributed by atoms with Gasteiger partial charge < -0.3 is 15.7 Å². The number of carbonyl (C=O) groups excluding carboxylic acids is 2. The van der Waals surface area contributed by atoms with Crippen molar-refractivity contribution in [1.82, 2.24) is 10.6 Å². The average Bonchev–Trinajstić information content (AvgIpc) is 2.54. The summed E-state index contributed by atoms with van der Waals surface area (Å²) in [5.41, 5.74) is 0.996. The number of hydrogen-bond donors (Lipinski definition) is 3. The molecule has 2 amide bonds. The second-order valence-electron chi connectivity index (χ2n) is 5.86. The maximum atomic E-state index is 11.8. The summed E-state index contributed by atoms with van der Waals surface area (Å²) in [5, 5.41) is 15.2. The second kappa shape index (κ2) is 8.54. The van der Waals surface area contributed by atoms with Gasteiger partial charge in [0.2, 0.25) is 0 Å². The molecule has 120 valence electrons. The van der Waals surface area contributed by atoms with Crippen molar-refractivity contribution >= 4 is 11.8 Å². The van der Waals surface area contributed by atoms with Crippen LogP contribution in [0.1, 0.15) is 37.7 Å². The van der Waals surface area contributed by atoms with Crippen LogP contribution in [0.4, 0.5) is 0 Å². The highest BCUT2D eigenvalue weighted by Crippen LogP contribution is 2.17. The van der Waals surface area contributed by atoms with E-state index in [-0.39, 0.29) is 12.6 Å². The number of aliphatic hydroxyl groups is 1. The Balaban J connectivity index is 1.68. The van der Waals surface area contributed by atoms with Crippen LogP contribution in [0.15, 0.2) is 30.3 Å². The van der Waals surface area contributed by atoms with Gasteiger partial charge in [-0.2, -0.15) is 0 Å². The highest BCUT2D eigenvalue weighted by molar-refractivity contribution is 6.35. The Morgan fingerprint density at radius 3 is 2.45 bits per heavy atom. The molecule has 2 rings (SSSR count). The zero-order chi connectivity index (χ0) is 15.8. The third kappa shape index (κ3) is 5.48. The van der Waals surface area contributed by atoms with Crippen LogP contribution in [0.2, 0.25) is 0 Å². The molecule has 1 aliphatic rings. The summed E-state index contributed by atoms with van der Waals surface area (Å²) in [5.74, 6) is -1.27. The van der Waals surface area contributed by atoms with E-state index in [0.29, 0.717) is 6.42 Å². The first-order valence-electron chi connectivity index (χ1n) is 7.96. The van der Waals surface area contributed by atoms with Gasteiger partial charge in [0.05, 0.1) is 6.10 Å². The lowest BCUT2D eigenvalue weighted by Crippen LogP contribution is -2.46. The summed E-state index contributed by atoms with van der Waals surface area (Å²) >= 11 is 0. The van der Waals surface area contributed by atoms with Crippen molar-refractivity contribution in [3.8, 4) is 0 Å². The van der Waals surface area contributed by atoms with Gasteiger partial charge in [-0.3, -0.25) is 9.59 Å². The van der Waals surface area contributed by atoms with Gasteiger partial charge in [0, 0.05) is 19.0 Å². The summed E-state index contributed by atoms with van der Waals surface area (Å²) in [6.07, 6.45) is 5.03. The molecule has 1 saturated carbocycles. The number of amides is 2. The van der Waals surface area contributed by atoms with Crippen molar-refractivity contribution < 1.29 is 14.7 Å². The molecule has 1 fully saturated rings. The van der Waals surface area contributed by atoms with Crippen LogP contribution in [0.5, 0.6) is 0 Å². The number of hydrogen-bond acceptors (Lipinski definition) is 3. The van der Waals surface area contributed by atoms with Crippen molar-refractivity contribution in [3.63, 3.8) is 0 Å². The van der Waals surface area contributed by atoms with Gasteiger partial charge in [0.1, 0.15) is 0 Å². The predicted octanol–water partition coefficient (Wildman–Crippen LogP) is 1.16. The molecule has 22 heavy (non-hydrogen) atoms. The molecule has 0 heterocycles. The molecular formula is C17H24N2O3. The van der Waals surface area contributed by atoms with Crippen LogP contribution in [0, 0.1) is 0 Å². The topological polar surface area (TPSA) is 78.4 Å². The smallest absolute Gasteiger partial charge is 0.309 e. The lowest BCUT2D eigenvalue weighted by Gasteiger charge is -2.22. The summed E-state index contributed by atoms with van der Waals surface area (Å²) in [6, 6.07) is 9.66. The molecule has 0 bridgehead atoms. The van der Waals surface area contributed by atoms with E-state index in [1.807, 2.05) is 30.3 Å². The van der Waals surface area contributed by atoms with Crippen molar-refractivity contribution in [2.45, 2.75) is 50.7 Å².